The van der Waals surface area contributed by atoms with Crippen LogP contribution in [-0.2, 0) is 9.59 Å². The predicted octanol–water partition coefficient (Wildman–Crippen LogP) is -0.248. The third-order valence-electron chi connectivity index (χ3n) is 5.43. The van der Waals surface area contributed by atoms with E-state index in [1.165, 1.54) is 12.1 Å². The van der Waals surface area contributed by atoms with Crippen molar-refractivity contribution in [3.63, 3.8) is 0 Å². The molecular weight excluding hydrogens is 486 g/mol. The van der Waals surface area contributed by atoms with Gasteiger partial charge in [0.2, 0.25) is 5.95 Å². The Morgan fingerprint density at radius 2 is 1.94 bits per heavy atom. The van der Waals surface area contributed by atoms with Gasteiger partial charge in [-0.1, -0.05) is 0 Å². The van der Waals surface area contributed by atoms with Crippen LogP contribution in [0.2, 0.25) is 0 Å². The molecule has 13 nitrogen and oxygen atoms in total. The first kappa shape index (κ1) is 28.2. The van der Waals surface area contributed by atoms with Gasteiger partial charge in [-0.15, -0.1) is 0 Å². The zero-order chi connectivity index (χ0) is 24.8. The molecule has 0 saturated carbocycles. The van der Waals surface area contributed by atoms with Crippen molar-refractivity contribution in [1.82, 2.24) is 15.3 Å². The predicted molar refractivity (Wildman–Crippen MR) is 131 cm³/mol. The topological polar surface area (TPSA) is 203 Å². The molecule has 2 atom stereocenters. The van der Waals surface area contributed by atoms with Crippen LogP contribution in [0, 0.1) is 0 Å². The van der Waals surface area contributed by atoms with Crippen LogP contribution >= 0.6 is 0 Å². The first-order chi connectivity index (χ1) is 16.2. The maximum Gasteiger partial charge on any atom is 2.00 e. The zero-order valence-electron chi connectivity index (χ0n) is 19.2. The number of nitrogens with zero attached hydrogens (tertiary/aromatic N) is 2. The van der Waals surface area contributed by atoms with E-state index in [0.717, 1.165) is 5.69 Å². The summed E-state index contributed by atoms with van der Waals surface area (Å²) in [5, 5.41) is 26.7. The molecule has 1 aromatic heterocycles. The average molecular weight is 514 g/mol. The molecule has 182 valence electrons. The molecule has 1 aliphatic rings. The Hall–Kier alpha value is -3.03. The fraction of sp³-hybridized carbons (Fsp3) is 0.381. The fourth-order valence-electron chi connectivity index (χ4n) is 3.72. The third-order valence-corrected chi connectivity index (χ3v) is 5.43. The first-order valence-electron chi connectivity index (χ1n) is 10.7. The molecule has 0 fully saturated rings. The quantitative estimate of drug-likeness (QED) is 0.206. The van der Waals surface area contributed by atoms with Crippen LogP contribution in [0.25, 0.3) is 0 Å². The first-order valence-corrected chi connectivity index (χ1v) is 10.7. The molecule has 1 aromatic carbocycles. The number of rotatable bonds is 10. The van der Waals surface area contributed by atoms with E-state index in [1.807, 2.05) is 11.8 Å². The van der Waals surface area contributed by atoms with Gasteiger partial charge >= 0.3 is 49.7 Å². The summed E-state index contributed by atoms with van der Waals surface area (Å²) in [7, 11) is 0. The van der Waals surface area contributed by atoms with Crippen LogP contribution in [0.5, 0.6) is 0 Å². The number of benzene rings is 1. The van der Waals surface area contributed by atoms with Gasteiger partial charge < -0.3 is 36.8 Å². The summed E-state index contributed by atoms with van der Waals surface area (Å²) < 4.78 is 0. The smallest absolute Gasteiger partial charge is 0.481 e. The van der Waals surface area contributed by atoms with Crippen molar-refractivity contribution >= 4 is 78.7 Å². The second-order valence-corrected chi connectivity index (χ2v) is 7.72. The number of aromatic amines is 1. The Balaban J connectivity index is 0.00000432. The number of hydrogen-bond acceptors (Lipinski definition) is 9. The molecule has 0 bridgehead atoms. The van der Waals surface area contributed by atoms with Gasteiger partial charge in [0, 0.05) is 37.3 Å². The Labute approximate surface area is 230 Å². The van der Waals surface area contributed by atoms with Crippen LogP contribution in [0.1, 0.15) is 30.1 Å². The van der Waals surface area contributed by atoms with Crippen molar-refractivity contribution in [2.24, 2.45) is 0 Å². The van der Waals surface area contributed by atoms with Gasteiger partial charge in [0.05, 0.1) is 6.04 Å². The minimum atomic E-state index is -1.30. The van der Waals surface area contributed by atoms with Crippen molar-refractivity contribution in [3.8, 4) is 0 Å². The standard InChI is InChI=1S/C21H27N7O6.Ca/c1-2-28-13(10-24-17-16(28)19(32)27-21(22)26-17)9-23-12-5-3-11(4-6-12)18(31)25-14(20(33)34)7-8-15(29)30;/h3-6,13-14,23H,2,7-10H2,1H3,(H,25,31)(H,29,30)(H,33,34)(H4,22,24,26,27,32);/q;+2. The van der Waals surface area contributed by atoms with Gasteiger partial charge in [0.1, 0.15) is 11.7 Å². The van der Waals surface area contributed by atoms with E-state index in [1.54, 1.807) is 12.1 Å². The van der Waals surface area contributed by atoms with Crippen molar-refractivity contribution in [2.45, 2.75) is 31.8 Å². The van der Waals surface area contributed by atoms with Gasteiger partial charge in [0.25, 0.3) is 11.5 Å². The van der Waals surface area contributed by atoms with E-state index in [9.17, 15) is 24.3 Å². The minimum absolute atomic E-state index is 0. The molecule has 2 aromatic rings. The molecule has 2 heterocycles. The maximum atomic E-state index is 12.4. The number of carboxylic acids is 2. The van der Waals surface area contributed by atoms with Crippen molar-refractivity contribution in [1.29, 1.82) is 0 Å². The number of fused-ring (bicyclic) bond motifs is 1. The third kappa shape index (κ3) is 7.23. The number of amides is 1. The fourth-order valence-corrected chi connectivity index (χ4v) is 3.72. The van der Waals surface area contributed by atoms with E-state index < -0.39 is 23.9 Å². The van der Waals surface area contributed by atoms with Gasteiger partial charge in [-0.05, 0) is 37.6 Å². The molecule has 1 amide bonds. The number of carbonyl (C=O) groups excluding carboxylic acids is 1. The number of carbonyl (C=O) groups is 3. The monoisotopic (exact) mass is 513 g/mol. The number of nitrogens with one attached hydrogen (secondary N) is 4. The van der Waals surface area contributed by atoms with Crippen LogP contribution < -0.4 is 32.1 Å². The molecule has 3 rings (SSSR count). The Morgan fingerprint density at radius 3 is 2.54 bits per heavy atom. The molecular formula is C21H27CaN7O6+2. The Kier molecular flexibility index (Phi) is 10.2. The zero-order valence-corrected chi connectivity index (χ0v) is 21.4. The van der Waals surface area contributed by atoms with E-state index in [-0.39, 0.29) is 73.7 Å². The summed E-state index contributed by atoms with van der Waals surface area (Å²) in [5.41, 5.74) is 6.70. The molecule has 1 aliphatic heterocycles. The van der Waals surface area contributed by atoms with Crippen LogP contribution in [0.4, 0.5) is 23.1 Å². The number of hydrogen-bond donors (Lipinski definition) is 7. The molecule has 0 spiro atoms. The normalized spacial score (nSPS) is 15.1. The second-order valence-electron chi connectivity index (χ2n) is 7.72. The van der Waals surface area contributed by atoms with Gasteiger partial charge in [-0.3, -0.25) is 19.4 Å². The van der Waals surface area contributed by atoms with Crippen molar-refractivity contribution in [3.05, 3.63) is 40.2 Å². The Morgan fingerprint density at radius 1 is 1.26 bits per heavy atom. The minimum Gasteiger partial charge on any atom is -0.481 e. The van der Waals surface area contributed by atoms with E-state index >= 15 is 0 Å². The summed E-state index contributed by atoms with van der Waals surface area (Å²) in [5.74, 6) is -2.56. The SMILES string of the molecule is CCN1c2c(nc(N)[nH]c2=O)NCC1CNc1ccc(C(=O)NC(CCC(=O)O)C(=O)O)cc1.[Ca+2]. The number of H-pyrrole nitrogens is 1. The molecule has 0 saturated heterocycles. The van der Waals surface area contributed by atoms with Crippen LogP contribution in [0.3, 0.4) is 0 Å². The number of aliphatic carboxylic acids is 2. The number of anilines is 4. The second kappa shape index (κ2) is 12.6. The van der Waals surface area contributed by atoms with Crippen LogP contribution in [-0.4, -0.2) is 107 Å². The van der Waals surface area contributed by atoms with Gasteiger partial charge in [-0.25, -0.2) is 4.79 Å². The Bertz CT molecular complexity index is 1120. The van der Waals surface area contributed by atoms with Crippen LogP contribution in [0.15, 0.2) is 29.1 Å². The molecule has 14 heteroatoms. The number of likely N-dealkylation sites (N-methyl/N-ethyl adjacent to an activating group) is 1. The number of aromatic nitrogens is 2. The van der Waals surface area contributed by atoms with Crippen molar-refractivity contribution < 1.29 is 24.6 Å². The molecule has 35 heavy (non-hydrogen) atoms. The van der Waals surface area contributed by atoms with E-state index in [4.69, 9.17) is 10.8 Å². The molecule has 8 N–H and O–H groups in total. The maximum absolute atomic E-state index is 12.4. The molecule has 0 radical (unpaired) electrons. The van der Waals surface area contributed by atoms with E-state index in [0.29, 0.717) is 31.1 Å². The number of carboxylic acid groups (broad SMARTS) is 2. The number of nitrogens with two attached hydrogens (primary N) is 1. The largest absolute Gasteiger partial charge is 2.00 e. The van der Waals surface area contributed by atoms with Gasteiger partial charge in [0.15, 0.2) is 5.82 Å². The van der Waals surface area contributed by atoms with Gasteiger partial charge in [-0.2, -0.15) is 4.98 Å². The summed E-state index contributed by atoms with van der Waals surface area (Å²) in [4.78, 5) is 55.3. The number of nitrogen functional groups attached to an aromatic ring is 1. The average Bonchev–Trinajstić information content (AvgIpc) is 2.79. The summed E-state index contributed by atoms with van der Waals surface area (Å²) >= 11 is 0. The molecule has 0 aliphatic carbocycles. The molecule has 2 unspecified atom stereocenters. The summed E-state index contributed by atoms with van der Waals surface area (Å²) in [6, 6.07) is 5.08. The summed E-state index contributed by atoms with van der Waals surface area (Å²) in [6.45, 7) is 3.55. The summed E-state index contributed by atoms with van der Waals surface area (Å²) in [6.07, 6.45) is -0.585. The van der Waals surface area contributed by atoms with Crippen molar-refractivity contribution in [2.75, 3.05) is 40.9 Å². The van der Waals surface area contributed by atoms with E-state index in [2.05, 4.69) is 25.9 Å².